The zero-order valence-corrected chi connectivity index (χ0v) is 6.71. The fourth-order valence-electron chi connectivity index (χ4n) is 0.329. The van der Waals surface area contributed by atoms with Gasteiger partial charge in [-0.05, 0) is 0 Å². The van der Waals surface area contributed by atoms with Crippen molar-refractivity contribution in [3.8, 4) is 0 Å². The minimum Gasteiger partial charge on any atom is -0.277 e. The maximum Gasteiger partial charge on any atom is 0.261 e. The van der Waals surface area contributed by atoms with Gasteiger partial charge in [0, 0.05) is 5.25 Å². The Morgan fingerprint density at radius 3 is 1.88 bits per heavy atom. The predicted molar refractivity (Wildman–Crippen MR) is 38.7 cm³/mol. The molecule has 50 valence electrons. The molecule has 0 saturated heterocycles. The molecular weight excluding hydrogens is 143 g/mol. The SMILES string of the molecule is CC(C)SP(N)(N)=O. The minimum atomic E-state index is -2.81. The molecule has 0 spiro atoms. The molecule has 0 bridgehead atoms. The van der Waals surface area contributed by atoms with Gasteiger partial charge in [-0.3, -0.25) is 15.6 Å². The quantitative estimate of drug-likeness (QED) is 0.585. The average molecular weight is 154 g/mol. The zero-order valence-electron chi connectivity index (χ0n) is 5.00. The molecule has 3 nitrogen and oxygen atoms in total. The van der Waals surface area contributed by atoms with Gasteiger partial charge in [0.05, 0.1) is 0 Å². The number of rotatable bonds is 2. The molecule has 4 N–H and O–H groups in total. The summed E-state index contributed by atoms with van der Waals surface area (Å²) in [5.74, 6) is 0. The van der Waals surface area contributed by atoms with E-state index in [0.717, 1.165) is 11.4 Å². The van der Waals surface area contributed by atoms with Crippen molar-refractivity contribution < 1.29 is 4.57 Å². The fourth-order valence-corrected chi connectivity index (χ4v) is 2.97. The summed E-state index contributed by atoms with van der Waals surface area (Å²) in [6, 6.07) is 0. The molecule has 0 amide bonds. The Labute approximate surface area is 53.4 Å². The van der Waals surface area contributed by atoms with Crippen molar-refractivity contribution in [1.29, 1.82) is 0 Å². The lowest BCUT2D eigenvalue weighted by Crippen LogP contribution is -2.02. The summed E-state index contributed by atoms with van der Waals surface area (Å²) in [5.41, 5.74) is 10.1. The van der Waals surface area contributed by atoms with Crippen LogP contribution in [0.25, 0.3) is 0 Å². The molecule has 5 heteroatoms. The van der Waals surface area contributed by atoms with E-state index >= 15 is 0 Å². The standard InChI is InChI=1S/C3H11N2OPS/c1-3(2)8-7(4,5)6/h3H,1-2H3,(H4,4,5,6). The first-order valence-electron chi connectivity index (χ1n) is 2.27. The minimum absolute atomic E-state index is 0.246. The lowest BCUT2D eigenvalue weighted by Gasteiger charge is -2.06. The second-order valence-electron chi connectivity index (χ2n) is 1.80. The summed E-state index contributed by atoms with van der Waals surface area (Å²) >= 11 is 1.12. The fraction of sp³-hybridized carbons (Fsp3) is 1.00. The lowest BCUT2D eigenvalue weighted by atomic mass is 10.6. The van der Waals surface area contributed by atoms with E-state index in [-0.39, 0.29) is 5.25 Å². The third-order valence-electron chi connectivity index (χ3n) is 0.376. The van der Waals surface area contributed by atoms with Gasteiger partial charge in [0.15, 0.2) is 0 Å². The third-order valence-corrected chi connectivity index (χ3v) is 3.38. The Bertz CT molecular complexity index is 110. The van der Waals surface area contributed by atoms with Crippen LogP contribution in [0.4, 0.5) is 0 Å². The molecule has 0 aromatic rings. The Balaban J connectivity index is 3.56. The molecule has 0 rings (SSSR count). The molecule has 0 heterocycles. The van der Waals surface area contributed by atoms with Crippen LogP contribution in [-0.2, 0) is 4.57 Å². The van der Waals surface area contributed by atoms with Crippen LogP contribution in [0.1, 0.15) is 13.8 Å². The van der Waals surface area contributed by atoms with Gasteiger partial charge in [0.25, 0.3) is 6.65 Å². The molecular formula is C3H11N2OPS. The van der Waals surface area contributed by atoms with Crippen molar-refractivity contribution in [2.75, 3.05) is 0 Å². The topological polar surface area (TPSA) is 69.1 Å². The zero-order chi connectivity index (χ0) is 6.78. The maximum atomic E-state index is 10.5. The molecule has 0 unspecified atom stereocenters. The first-order valence-corrected chi connectivity index (χ1v) is 5.60. The highest BCUT2D eigenvalue weighted by Crippen LogP contribution is 2.45. The molecule has 8 heavy (non-hydrogen) atoms. The molecule has 0 aliphatic rings. The van der Waals surface area contributed by atoms with Gasteiger partial charge in [0.2, 0.25) is 0 Å². The normalized spacial score (nSPS) is 12.6. The van der Waals surface area contributed by atoms with E-state index in [2.05, 4.69) is 0 Å². The van der Waals surface area contributed by atoms with Crippen LogP contribution in [0.5, 0.6) is 0 Å². The summed E-state index contributed by atoms with van der Waals surface area (Å²) in [4.78, 5) is 0. The molecule has 0 aromatic heterocycles. The average Bonchev–Trinajstić information content (AvgIpc) is 1.21. The first kappa shape index (κ1) is 8.50. The summed E-state index contributed by atoms with van der Waals surface area (Å²) < 4.78 is 10.5. The Kier molecular flexibility index (Phi) is 3.05. The summed E-state index contributed by atoms with van der Waals surface area (Å²) in [7, 11) is 0. The van der Waals surface area contributed by atoms with E-state index in [0.29, 0.717) is 0 Å². The van der Waals surface area contributed by atoms with E-state index in [1.54, 1.807) is 0 Å². The van der Waals surface area contributed by atoms with E-state index in [1.165, 1.54) is 0 Å². The molecule has 0 aliphatic carbocycles. The van der Waals surface area contributed by atoms with Crippen LogP contribution in [0.15, 0.2) is 0 Å². The summed E-state index contributed by atoms with van der Waals surface area (Å²) in [6.07, 6.45) is 0. The maximum absolute atomic E-state index is 10.5. The van der Waals surface area contributed by atoms with E-state index in [4.69, 9.17) is 11.0 Å². The van der Waals surface area contributed by atoms with Crippen molar-refractivity contribution in [3.63, 3.8) is 0 Å². The van der Waals surface area contributed by atoms with Gasteiger partial charge in [0.1, 0.15) is 0 Å². The third kappa shape index (κ3) is 6.50. The monoisotopic (exact) mass is 154 g/mol. The van der Waals surface area contributed by atoms with Gasteiger partial charge in [-0.2, -0.15) is 0 Å². The highest BCUT2D eigenvalue weighted by Gasteiger charge is 2.10. The lowest BCUT2D eigenvalue weighted by molar-refractivity contribution is 0.586. The van der Waals surface area contributed by atoms with Crippen molar-refractivity contribution in [3.05, 3.63) is 0 Å². The number of hydrogen-bond donors (Lipinski definition) is 2. The highest BCUT2D eigenvalue weighted by molar-refractivity contribution is 8.57. The summed E-state index contributed by atoms with van der Waals surface area (Å²) in [5, 5.41) is 0.246. The van der Waals surface area contributed by atoms with Crippen LogP contribution in [0, 0.1) is 0 Å². The van der Waals surface area contributed by atoms with Gasteiger partial charge in [-0.15, -0.1) is 0 Å². The molecule has 0 aromatic carbocycles. The van der Waals surface area contributed by atoms with Gasteiger partial charge >= 0.3 is 0 Å². The second-order valence-corrected chi connectivity index (χ2v) is 6.59. The van der Waals surface area contributed by atoms with Crippen LogP contribution in [0.3, 0.4) is 0 Å². The van der Waals surface area contributed by atoms with Gasteiger partial charge in [-0.1, -0.05) is 25.2 Å². The van der Waals surface area contributed by atoms with Crippen LogP contribution < -0.4 is 11.0 Å². The Morgan fingerprint density at radius 2 is 1.88 bits per heavy atom. The van der Waals surface area contributed by atoms with Crippen molar-refractivity contribution in [2.24, 2.45) is 11.0 Å². The van der Waals surface area contributed by atoms with Crippen molar-refractivity contribution in [2.45, 2.75) is 19.1 Å². The van der Waals surface area contributed by atoms with Crippen molar-refractivity contribution in [1.82, 2.24) is 0 Å². The summed E-state index contributed by atoms with van der Waals surface area (Å²) in [6.45, 7) is 0.995. The second kappa shape index (κ2) is 2.87. The van der Waals surface area contributed by atoms with E-state index < -0.39 is 6.65 Å². The molecule has 0 radical (unpaired) electrons. The molecule has 0 aliphatic heterocycles. The smallest absolute Gasteiger partial charge is 0.261 e. The Hall–Kier alpha value is 0.500. The van der Waals surface area contributed by atoms with Gasteiger partial charge < -0.3 is 0 Å². The van der Waals surface area contributed by atoms with Crippen LogP contribution in [-0.4, -0.2) is 5.25 Å². The Morgan fingerprint density at radius 1 is 1.50 bits per heavy atom. The largest absolute Gasteiger partial charge is 0.277 e. The predicted octanol–water partition coefficient (Wildman–Crippen LogP) is 1.15. The van der Waals surface area contributed by atoms with E-state index in [9.17, 15) is 4.57 Å². The van der Waals surface area contributed by atoms with E-state index in [1.807, 2.05) is 13.8 Å². The number of hydrogen-bond acceptors (Lipinski definition) is 2. The highest BCUT2D eigenvalue weighted by atomic mass is 32.7. The first-order chi connectivity index (χ1) is 3.42. The molecule has 0 fully saturated rings. The van der Waals surface area contributed by atoms with Crippen molar-refractivity contribution >= 4 is 18.0 Å². The number of nitrogens with two attached hydrogens (primary N) is 2. The van der Waals surface area contributed by atoms with Crippen LogP contribution >= 0.6 is 18.0 Å². The molecule has 0 saturated carbocycles. The van der Waals surface area contributed by atoms with Gasteiger partial charge in [-0.25, -0.2) is 0 Å². The molecule has 0 atom stereocenters. The van der Waals surface area contributed by atoms with Crippen LogP contribution in [0.2, 0.25) is 0 Å².